The van der Waals surface area contributed by atoms with E-state index in [1.807, 2.05) is 48.5 Å². The Labute approximate surface area is 121 Å². The quantitative estimate of drug-likeness (QED) is 0.789. The van der Waals surface area contributed by atoms with Crippen molar-refractivity contribution in [1.29, 1.82) is 0 Å². The lowest BCUT2D eigenvalue weighted by atomic mass is 9.77. The summed E-state index contributed by atoms with van der Waals surface area (Å²) in [5, 5.41) is 0. The standard InChI is InChI=1S/C17H13NO3/c19-10-9-18-14-7-3-1-5-12(14)17(16(18)20)11-21-15-8-4-2-6-13(15)17/h1-8,10H,9,11H2. The molecule has 2 aromatic carbocycles. The Morgan fingerprint density at radius 2 is 1.81 bits per heavy atom. The molecule has 1 atom stereocenters. The summed E-state index contributed by atoms with van der Waals surface area (Å²) in [4.78, 5) is 25.5. The zero-order valence-electron chi connectivity index (χ0n) is 11.3. The zero-order chi connectivity index (χ0) is 14.4. The molecule has 2 aliphatic rings. The van der Waals surface area contributed by atoms with Crippen LogP contribution in [0.4, 0.5) is 5.69 Å². The SMILES string of the molecule is O=CCN1C(=O)C2(COc3ccccc32)c2ccccc21. The molecule has 0 radical (unpaired) electrons. The molecule has 4 heteroatoms. The minimum Gasteiger partial charge on any atom is -0.491 e. The number of fused-ring (bicyclic) bond motifs is 4. The van der Waals surface area contributed by atoms with E-state index in [4.69, 9.17) is 4.74 Å². The summed E-state index contributed by atoms with van der Waals surface area (Å²) in [6.45, 7) is 0.358. The number of amides is 1. The smallest absolute Gasteiger partial charge is 0.246 e. The van der Waals surface area contributed by atoms with Gasteiger partial charge in [0.1, 0.15) is 24.1 Å². The molecule has 4 nitrogen and oxygen atoms in total. The van der Waals surface area contributed by atoms with Crippen LogP contribution in [0.15, 0.2) is 48.5 Å². The number of nitrogens with zero attached hydrogens (tertiary/aromatic N) is 1. The normalized spacial score (nSPS) is 22.1. The molecule has 104 valence electrons. The summed E-state index contributed by atoms with van der Waals surface area (Å²) in [6.07, 6.45) is 0.759. The monoisotopic (exact) mass is 279 g/mol. The summed E-state index contributed by atoms with van der Waals surface area (Å²) in [6, 6.07) is 15.2. The van der Waals surface area contributed by atoms with Gasteiger partial charge >= 0.3 is 0 Å². The molecule has 1 amide bonds. The number of hydrogen-bond acceptors (Lipinski definition) is 3. The minimum atomic E-state index is -0.809. The summed E-state index contributed by atoms with van der Waals surface area (Å²) in [5.41, 5.74) is 1.79. The highest BCUT2D eigenvalue weighted by atomic mass is 16.5. The molecule has 0 N–H and O–H groups in total. The third kappa shape index (κ3) is 1.39. The number of benzene rings is 2. The van der Waals surface area contributed by atoms with Crippen LogP contribution in [-0.2, 0) is 15.0 Å². The molecule has 0 aliphatic carbocycles. The first kappa shape index (κ1) is 12.1. The summed E-state index contributed by atoms with van der Waals surface area (Å²) in [7, 11) is 0. The van der Waals surface area contributed by atoms with Crippen LogP contribution in [0.1, 0.15) is 11.1 Å². The fourth-order valence-corrected chi connectivity index (χ4v) is 3.39. The molecule has 2 heterocycles. The third-order valence-electron chi connectivity index (χ3n) is 4.31. The maximum atomic E-state index is 13.0. The van der Waals surface area contributed by atoms with Gasteiger partial charge in [-0.1, -0.05) is 36.4 Å². The van der Waals surface area contributed by atoms with Crippen LogP contribution < -0.4 is 9.64 Å². The molecule has 1 spiro atoms. The van der Waals surface area contributed by atoms with Crippen LogP contribution in [0.25, 0.3) is 0 Å². The van der Waals surface area contributed by atoms with Gasteiger partial charge in [0.15, 0.2) is 0 Å². The molecule has 0 saturated heterocycles. The van der Waals surface area contributed by atoms with Gasteiger partial charge in [0.05, 0.1) is 6.54 Å². The van der Waals surface area contributed by atoms with E-state index < -0.39 is 5.41 Å². The Morgan fingerprint density at radius 3 is 2.62 bits per heavy atom. The van der Waals surface area contributed by atoms with Crippen LogP contribution in [-0.4, -0.2) is 25.3 Å². The number of carbonyl (C=O) groups excluding carboxylic acids is 2. The number of rotatable bonds is 2. The van der Waals surface area contributed by atoms with Crippen LogP contribution in [0.2, 0.25) is 0 Å². The number of ether oxygens (including phenoxy) is 1. The van der Waals surface area contributed by atoms with E-state index in [1.54, 1.807) is 4.90 Å². The lowest BCUT2D eigenvalue weighted by Crippen LogP contribution is -2.43. The number of hydrogen-bond donors (Lipinski definition) is 0. The zero-order valence-corrected chi connectivity index (χ0v) is 11.3. The van der Waals surface area contributed by atoms with Crippen LogP contribution in [0, 0.1) is 0 Å². The molecule has 0 aromatic heterocycles. The highest BCUT2D eigenvalue weighted by molar-refractivity contribution is 6.12. The molecule has 21 heavy (non-hydrogen) atoms. The van der Waals surface area contributed by atoms with Crippen molar-refractivity contribution in [3.8, 4) is 5.75 Å². The van der Waals surface area contributed by atoms with E-state index in [2.05, 4.69) is 0 Å². The second-order valence-electron chi connectivity index (χ2n) is 5.29. The maximum absolute atomic E-state index is 13.0. The lowest BCUT2D eigenvalue weighted by Gasteiger charge is -2.21. The minimum absolute atomic E-state index is 0.0692. The predicted molar refractivity (Wildman–Crippen MR) is 77.6 cm³/mol. The molecule has 2 aromatic rings. The summed E-state index contributed by atoms with van der Waals surface area (Å²) < 4.78 is 5.75. The first-order chi connectivity index (χ1) is 10.3. The highest BCUT2D eigenvalue weighted by Crippen LogP contribution is 2.51. The van der Waals surface area contributed by atoms with Gasteiger partial charge in [0.2, 0.25) is 5.91 Å². The number of aldehydes is 1. The van der Waals surface area contributed by atoms with Crippen LogP contribution in [0.3, 0.4) is 0 Å². The van der Waals surface area contributed by atoms with Crippen LogP contribution >= 0.6 is 0 Å². The van der Waals surface area contributed by atoms with Crippen molar-refractivity contribution in [1.82, 2.24) is 0 Å². The largest absolute Gasteiger partial charge is 0.491 e. The Kier molecular flexibility index (Phi) is 2.42. The van der Waals surface area contributed by atoms with E-state index in [1.165, 1.54) is 0 Å². The van der Waals surface area contributed by atoms with E-state index in [9.17, 15) is 9.59 Å². The fraction of sp³-hybridized carbons (Fsp3) is 0.176. The van der Waals surface area contributed by atoms with Crippen molar-refractivity contribution >= 4 is 17.9 Å². The van der Waals surface area contributed by atoms with Gasteiger partial charge in [-0.2, -0.15) is 0 Å². The third-order valence-corrected chi connectivity index (χ3v) is 4.31. The Hall–Kier alpha value is -2.62. The van der Waals surface area contributed by atoms with E-state index in [0.29, 0.717) is 0 Å². The molecule has 0 fully saturated rings. The average molecular weight is 279 g/mol. The molecular formula is C17H13NO3. The van der Waals surface area contributed by atoms with Crippen molar-refractivity contribution in [3.63, 3.8) is 0 Å². The Morgan fingerprint density at radius 1 is 1.10 bits per heavy atom. The first-order valence-electron chi connectivity index (χ1n) is 6.86. The first-order valence-corrected chi connectivity index (χ1v) is 6.86. The predicted octanol–water partition coefficient (Wildman–Crippen LogP) is 1.91. The Bertz CT molecular complexity index is 755. The van der Waals surface area contributed by atoms with E-state index in [0.717, 1.165) is 28.8 Å². The molecule has 0 saturated carbocycles. The van der Waals surface area contributed by atoms with Crippen molar-refractivity contribution < 1.29 is 14.3 Å². The van der Waals surface area contributed by atoms with Gasteiger partial charge in [0, 0.05) is 11.3 Å². The Balaban J connectivity index is 1.99. The van der Waals surface area contributed by atoms with Gasteiger partial charge < -0.3 is 14.4 Å². The van der Waals surface area contributed by atoms with Gasteiger partial charge in [-0.15, -0.1) is 0 Å². The van der Waals surface area contributed by atoms with Crippen molar-refractivity contribution in [2.45, 2.75) is 5.41 Å². The van der Waals surface area contributed by atoms with E-state index >= 15 is 0 Å². The van der Waals surface area contributed by atoms with E-state index in [-0.39, 0.29) is 19.1 Å². The van der Waals surface area contributed by atoms with Gasteiger partial charge in [0.25, 0.3) is 0 Å². The van der Waals surface area contributed by atoms with Crippen molar-refractivity contribution in [2.75, 3.05) is 18.1 Å². The second kappa shape index (κ2) is 4.19. The molecular weight excluding hydrogens is 266 g/mol. The van der Waals surface area contributed by atoms with Crippen LogP contribution in [0.5, 0.6) is 5.75 Å². The van der Waals surface area contributed by atoms with Gasteiger partial charge in [-0.05, 0) is 17.7 Å². The molecule has 0 bridgehead atoms. The lowest BCUT2D eigenvalue weighted by molar-refractivity contribution is -0.123. The highest BCUT2D eigenvalue weighted by Gasteiger charge is 2.56. The van der Waals surface area contributed by atoms with Gasteiger partial charge in [-0.3, -0.25) is 4.79 Å². The number of anilines is 1. The average Bonchev–Trinajstić information content (AvgIpc) is 3.02. The number of carbonyl (C=O) groups is 2. The van der Waals surface area contributed by atoms with Crippen molar-refractivity contribution in [2.24, 2.45) is 0 Å². The van der Waals surface area contributed by atoms with Crippen molar-refractivity contribution in [3.05, 3.63) is 59.7 Å². The molecule has 1 unspecified atom stereocenters. The number of para-hydroxylation sites is 2. The topological polar surface area (TPSA) is 46.6 Å². The summed E-state index contributed by atoms with van der Waals surface area (Å²) in [5.74, 6) is 0.661. The van der Waals surface area contributed by atoms with Gasteiger partial charge in [-0.25, -0.2) is 0 Å². The second-order valence-corrected chi connectivity index (χ2v) is 5.29. The molecule has 4 rings (SSSR count). The maximum Gasteiger partial charge on any atom is 0.246 e. The fourth-order valence-electron chi connectivity index (χ4n) is 3.39. The summed E-state index contributed by atoms with van der Waals surface area (Å²) >= 11 is 0. The molecule has 2 aliphatic heterocycles.